The van der Waals surface area contributed by atoms with E-state index in [9.17, 15) is 4.39 Å². The zero-order valence-electron chi connectivity index (χ0n) is 23.4. The van der Waals surface area contributed by atoms with Gasteiger partial charge in [-0.1, -0.05) is 56.0 Å². The van der Waals surface area contributed by atoms with E-state index in [0.717, 1.165) is 29.7 Å². The number of hydrogen-bond acceptors (Lipinski definition) is 4. The number of carbonyl (C=O) groups is 1. The van der Waals surface area contributed by atoms with Crippen molar-refractivity contribution in [3.63, 3.8) is 0 Å². The Kier molecular flexibility index (Phi) is 14.0. The fourth-order valence-electron chi connectivity index (χ4n) is 5.99. The minimum absolute atomic E-state index is 0.178. The number of carboxylic acid groups (broad SMARTS) is 1. The van der Waals surface area contributed by atoms with Gasteiger partial charge in [-0.2, -0.15) is 5.26 Å². The van der Waals surface area contributed by atoms with Crippen molar-refractivity contribution >= 4 is 6.47 Å². The van der Waals surface area contributed by atoms with E-state index < -0.39 is 0 Å². The summed E-state index contributed by atoms with van der Waals surface area (Å²) in [5, 5.41) is 15.8. The Morgan fingerprint density at radius 3 is 2.05 bits per heavy atom. The minimum Gasteiger partial charge on any atom is -0.483 e. The lowest BCUT2D eigenvalue weighted by molar-refractivity contribution is -0.122. The SMILES string of the molecule is Fc1ccccc1.N#Cc1ccc(CCCC2CCN(CC3CCN(CCC4CCC4)C3)CC2)cc1.O=CO. The molecule has 2 saturated heterocycles. The standard InChI is InChI=1S/C26H39N3.C6H5F.CH2O2/c27-19-25-9-7-23(8-10-25)5-2-6-24-12-16-28(17-13-24)20-26-14-18-29(21-26)15-11-22-3-1-4-22;7-6-4-2-1-3-5-6;2-1-3/h7-10,22,24,26H,1-6,11-18,20-21H2;1-5H;1H,(H,2,3). The first-order valence-corrected chi connectivity index (χ1v) is 14.8. The summed E-state index contributed by atoms with van der Waals surface area (Å²) in [6.07, 6.45) is 14.0. The molecular weight excluding hydrogens is 489 g/mol. The van der Waals surface area contributed by atoms with E-state index >= 15 is 0 Å². The molecule has 0 aromatic heterocycles. The largest absolute Gasteiger partial charge is 0.483 e. The first-order chi connectivity index (χ1) is 19.1. The van der Waals surface area contributed by atoms with Gasteiger partial charge in [-0.25, -0.2) is 4.39 Å². The smallest absolute Gasteiger partial charge is 0.290 e. The molecule has 2 heterocycles. The number of nitrogens with zero attached hydrogens (tertiary/aromatic N) is 3. The number of likely N-dealkylation sites (tertiary alicyclic amines) is 2. The summed E-state index contributed by atoms with van der Waals surface area (Å²) in [6, 6.07) is 18.3. The number of benzene rings is 2. The Balaban J connectivity index is 0.000000356. The molecule has 0 bridgehead atoms. The zero-order valence-corrected chi connectivity index (χ0v) is 23.4. The maximum absolute atomic E-state index is 11.9. The van der Waals surface area contributed by atoms with Crippen molar-refractivity contribution in [3.8, 4) is 6.07 Å². The minimum atomic E-state index is -0.250. The predicted molar refractivity (Wildman–Crippen MR) is 155 cm³/mol. The monoisotopic (exact) mass is 535 g/mol. The van der Waals surface area contributed by atoms with E-state index in [1.54, 1.807) is 18.2 Å². The number of rotatable bonds is 9. The van der Waals surface area contributed by atoms with E-state index in [-0.39, 0.29) is 12.3 Å². The van der Waals surface area contributed by atoms with E-state index in [2.05, 4.69) is 28.0 Å². The molecule has 0 radical (unpaired) electrons. The molecule has 3 aliphatic rings. The van der Waals surface area contributed by atoms with Crippen molar-refractivity contribution in [1.29, 1.82) is 5.26 Å². The summed E-state index contributed by atoms with van der Waals surface area (Å²) >= 11 is 0. The highest BCUT2D eigenvalue weighted by Crippen LogP contribution is 2.30. The van der Waals surface area contributed by atoms with Gasteiger partial charge < -0.3 is 14.9 Å². The molecule has 0 spiro atoms. The Hall–Kier alpha value is -2.75. The lowest BCUT2D eigenvalue weighted by Gasteiger charge is -2.33. The molecule has 212 valence electrons. The first-order valence-electron chi connectivity index (χ1n) is 14.8. The molecule has 2 aromatic carbocycles. The fourth-order valence-corrected chi connectivity index (χ4v) is 5.99. The first kappa shape index (κ1) is 30.8. The molecule has 5 rings (SSSR count). The zero-order chi connectivity index (χ0) is 27.7. The molecule has 5 nitrogen and oxygen atoms in total. The maximum Gasteiger partial charge on any atom is 0.290 e. The molecular formula is C33H46FN3O2. The summed E-state index contributed by atoms with van der Waals surface area (Å²) in [4.78, 5) is 13.9. The predicted octanol–water partition coefficient (Wildman–Crippen LogP) is 6.63. The van der Waals surface area contributed by atoms with Gasteiger partial charge in [-0.3, -0.25) is 4.79 Å². The van der Waals surface area contributed by atoms with Crippen LogP contribution in [0.15, 0.2) is 54.6 Å². The van der Waals surface area contributed by atoms with Gasteiger partial charge in [0.05, 0.1) is 11.6 Å². The van der Waals surface area contributed by atoms with Crippen LogP contribution >= 0.6 is 0 Å². The number of nitriles is 1. The van der Waals surface area contributed by atoms with Crippen LogP contribution in [0.1, 0.15) is 68.9 Å². The number of aryl methyl sites for hydroxylation is 1. The second kappa shape index (κ2) is 17.8. The van der Waals surface area contributed by atoms with Crippen LogP contribution in [0.25, 0.3) is 0 Å². The van der Waals surface area contributed by atoms with E-state index in [1.165, 1.54) is 115 Å². The van der Waals surface area contributed by atoms with Crippen LogP contribution < -0.4 is 0 Å². The molecule has 1 saturated carbocycles. The van der Waals surface area contributed by atoms with E-state index in [0.29, 0.717) is 0 Å². The average molecular weight is 536 g/mol. The van der Waals surface area contributed by atoms with Crippen LogP contribution in [0.5, 0.6) is 0 Å². The molecule has 0 amide bonds. The third-order valence-electron chi connectivity index (χ3n) is 8.57. The summed E-state index contributed by atoms with van der Waals surface area (Å²) in [7, 11) is 0. The van der Waals surface area contributed by atoms with Gasteiger partial charge in [0.2, 0.25) is 0 Å². The molecule has 1 atom stereocenters. The lowest BCUT2D eigenvalue weighted by atomic mass is 9.83. The van der Waals surface area contributed by atoms with Crippen molar-refractivity contribution in [2.24, 2.45) is 17.8 Å². The fraction of sp³-hybridized carbons (Fsp3) is 0.576. The van der Waals surface area contributed by atoms with Gasteiger partial charge in [0.1, 0.15) is 5.82 Å². The van der Waals surface area contributed by atoms with Crippen LogP contribution in [-0.2, 0) is 11.2 Å². The van der Waals surface area contributed by atoms with Crippen molar-refractivity contribution in [1.82, 2.24) is 9.80 Å². The van der Waals surface area contributed by atoms with Crippen molar-refractivity contribution < 1.29 is 14.3 Å². The van der Waals surface area contributed by atoms with Gasteiger partial charge in [-0.15, -0.1) is 0 Å². The summed E-state index contributed by atoms with van der Waals surface area (Å²) in [5.41, 5.74) is 2.15. The molecule has 2 aromatic rings. The van der Waals surface area contributed by atoms with Gasteiger partial charge in [-0.05, 0) is 112 Å². The Morgan fingerprint density at radius 2 is 1.49 bits per heavy atom. The van der Waals surface area contributed by atoms with Crippen LogP contribution in [-0.4, -0.2) is 60.6 Å². The van der Waals surface area contributed by atoms with E-state index in [4.69, 9.17) is 15.2 Å². The molecule has 3 fully saturated rings. The number of hydrogen-bond donors (Lipinski definition) is 1. The van der Waals surface area contributed by atoms with Crippen molar-refractivity contribution in [2.45, 2.75) is 64.2 Å². The summed E-state index contributed by atoms with van der Waals surface area (Å²) in [6.45, 7) is 7.81. The Bertz CT molecular complexity index is 967. The topological polar surface area (TPSA) is 67.6 Å². The van der Waals surface area contributed by atoms with Crippen molar-refractivity contribution in [2.75, 3.05) is 39.3 Å². The molecule has 1 aliphatic carbocycles. The molecule has 1 N–H and O–H groups in total. The van der Waals surface area contributed by atoms with E-state index in [1.807, 2.05) is 12.1 Å². The second-order valence-corrected chi connectivity index (χ2v) is 11.4. The maximum atomic E-state index is 11.9. The Morgan fingerprint density at radius 1 is 0.872 bits per heavy atom. The molecule has 2 aliphatic heterocycles. The third-order valence-corrected chi connectivity index (χ3v) is 8.57. The second-order valence-electron chi connectivity index (χ2n) is 11.4. The van der Waals surface area contributed by atoms with Gasteiger partial charge in [0.25, 0.3) is 6.47 Å². The van der Waals surface area contributed by atoms with Crippen LogP contribution in [0.2, 0.25) is 0 Å². The highest BCUT2D eigenvalue weighted by atomic mass is 19.1. The summed E-state index contributed by atoms with van der Waals surface area (Å²) < 4.78 is 11.9. The van der Waals surface area contributed by atoms with Crippen LogP contribution in [0.3, 0.4) is 0 Å². The molecule has 39 heavy (non-hydrogen) atoms. The number of halogens is 1. The molecule has 1 unspecified atom stereocenters. The van der Waals surface area contributed by atoms with Gasteiger partial charge >= 0.3 is 0 Å². The van der Waals surface area contributed by atoms with Crippen molar-refractivity contribution in [3.05, 3.63) is 71.5 Å². The Labute approximate surface area is 234 Å². The highest BCUT2D eigenvalue weighted by molar-refractivity contribution is 5.32. The quantitative estimate of drug-likeness (QED) is 0.365. The van der Waals surface area contributed by atoms with Crippen LogP contribution in [0, 0.1) is 34.9 Å². The lowest BCUT2D eigenvalue weighted by Crippen LogP contribution is -2.38. The van der Waals surface area contributed by atoms with Gasteiger partial charge in [0, 0.05) is 13.1 Å². The highest BCUT2D eigenvalue weighted by Gasteiger charge is 2.27. The normalized spacial score (nSPS) is 20.1. The number of piperidine rings is 1. The van der Waals surface area contributed by atoms with Crippen LogP contribution in [0.4, 0.5) is 4.39 Å². The molecule has 6 heteroatoms. The third kappa shape index (κ3) is 11.9. The average Bonchev–Trinajstić information content (AvgIpc) is 3.37. The summed E-state index contributed by atoms with van der Waals surface area (Å²) in [5.74, 6) is 2.73. The van der Waals surface area contributed by atoms with Gasteiger partial charge in [0.15, 0.2) is 0 Å².